The van der Waals surface area contributed by atoms with E-state index in [9.17, 15) is 0 Å². The lowest BCUT2D eigenvalue weighted by Gasteiger charge is -1.99. The zero-order chi connectivity index (χ0) is 11.5. The van der Waals surface area contributed by atoms with Gasteiger partial charge in [-0.05, 0) is 12.0 Å². The van der Waals surface area contributed by atoms with Gasteiger partial charge in [0.2, 0.25) is 0 Å². The Kier molecular flexibility index (Phi) is 2.88. The molecule has 1 fully saturated rings. The summed E-state index contributed by atoms with van der Waals surface area (Å²) in [4.78, 5) is 4.54. The molecule has 0 saturated carbocycles. The third-order valence-corrected chi connectivity index (χ3v) is 3.06. The molecular weight excluding hydrogens is 214 g/mol. The molecule has 2 aromatic rings. The summed E-state index contributed by atoms with van der Waals surface area (Å²) in [6, 6.07) is 10.3. The molecule has 1 aliphatic heterocycles. The largest absolute Gasteiger partial charge is 0.381 e. The molecule has 0 unspecified atom stereocenters. The topological polar surface area (TPSA) is 50.8 Å². The maximum Gasteiger partial charge on any atom is 0.156 e. The van der Waals surface area contributed by atoms with Gasteiger partial charge in [-0.2, -0.15) is 5.10 Å². The fourth-order valence-electron chi connectivity index (χ4n) is 2.10. The van der Waals surface area contributed by atoms with Crippen LogP contribution in [-0.4, -0.2) is 28.4 Å². The van der Waals surface area contributed by atoms with Crippen molar-refractivity contribution in [3.63, 3.8) is 0 Å². The summed E-state index contributed by atoms with van der Waals surface area (Å²) in [6.07, 6.45) is 1.84. The van der Waals surface area contributed by atoms with Crippen LogP contribution in [0.2, 0.25) is 0 Å². The van der Waals surface area contributed by atoms with E-state index in [4.69, 9.17) is 4.74 Å². The highest BCUT2D eigenvalue weighted by Crippen LogP contribution is 2.22. The number of ether oxygens (including phenoxy) is 1. The number of nitrogens with zero attached hydrogens (tertiary/aromatic N) is 2. The van der Waals surface area contributed by atoms with E-state index >= 15 is 0 Å². The predicted octanol–water partition coefficient (Wildman–Crippen LogP) is 1.90. The standard InChI is InChI=1S/C13H15N3O/c1-2-4-10(5-3-1)8-12-14-13(16-15-12)11-6-7-17-9-11/h1-5,11H,6-9H2,(H,14,15,16)/t11-/m0/s1. The molecule has 1 N–H and O–H groups in total. The minimum atomic E-state index is 0.371. The van der Waals surface area contributed by atoms with Crippen LogP contribution in [0.1, 0.15) is 29.6 Å². The van der Waals surface area contributed by atoms with Crippen LogP contribution in [0, 0.1) is 0 Å². The van der Waals surface area contributed by atoms with E-state index in [0.717, 1.165) is 37.7 Å². The zero-order valence-electron chi connectivity index (χ0n) is 9.60. The first-order valence-corrected chi connectivity index (χ1v) is 5.94. The third-order valence-electron chi connectivity index (χ3n) is 3.06. The van der Waals surface area contributed by atoms with Crippen molar-refractivity contribution in [2.24, 2.45) is 0 Å². The number of H-pyrrole nitrogens is 1. The molecule has 17 heavy (non-hydrogen) atoms. The molecule has 0 radical (unpaired) electrons. The van der Waals surface area contributed by atoms with Crippen molar-refractivity contribution >= 4 is 0 Å². The minimum absolute atomic E-state index is 0.371. The van der Waals surface area contributed by atoms with E-state index in [2.05, 4.69) is 27.3 Å². The molecular formula is C13H15N3O. The SMILES string of the molecule is c1ccc(Cc2nc([C@H]3CCOC3)n[nH]2)cc1. The minimum Gasteiger partial charge on any atom is -0.381 e. The van der Waals surface area contributed by atoms with Gasteiger partial charge in [-0.15, -0.1) is 0 Å². The molecule has 1 atom stereocenters. The van der Waals surface area contributed by atoms with Gasteiger partial charge >= 0.3 is 0 Å². The van der Waals surface area contributed by atoms with Gasteiger partial charge in [0.1, 0.15) is 5.82 Å². The summed E-state index contributed by atoms with van der Waals surface area (Å²) in [7, 11) is 0. The number of benzene rings is 1. The first-order chi connectivity index (χ1) is 8.42. The zero-order valence-corrected chi connectivity index (χ0v) is 9.60. The second-order valence-corrected chi connectivity index (χ2v) is 4.36. The highest BCUT2D eigenvalue weighted by Gasteiger charge is 2.21. The van der Waals surface area contributed by atoms with Crippen LogP contribution in [0.4, 0.5) is 0 Å². The van der Waals surface area contributed by atoms with Crippen molar-refractivity contribution in [3.8, 4) is 0 Å². The number of rotatable bonds is 3. The monoisotopic (exact) mass is 229 g/mol. The Morgan fingerprint density at radius 2 is 2.18 bits per heavy atom. The summed E-state index contributed by atoms with van der Waals surface area (Å²) in [5.41, 5.74) is 1.25. The van der Waals surface area contributed by atoms with Gasteiger partial charge in [0.05, 0.1) is 6.61 Å². The number of hydrogen-bond donors (Lipinski definition) is 1. The van der Waals surface area contributed by atoms with Crippen molar-refractivity contribution < 1.29 is 4.74 Å². The molecule has 2 heterocycles. The van der Waals surface area contributed by atoms with E-state index in [0.29, 0.717) is 5.92 Å². The first kappa shape index (κ1) is 10.5. The van der Waals surface area contributed by atoms with Gasteiger partial charge in [-0.25, -0.2) is 4.98 Å². The molecule has 4 nitrogen and oxygen atoms in total. The Hall–Kier alpha value is -1.68. The number of nitrogens with one attached hydrogen (secondary N) is 1. The average Bonchev–Trinajstić information content (AvgIpc) is 3.00. The molecule has 0 aliphatic carbocycles. The fourth-order valence-corrected chi connectivity index (χ4v) is 2.10. The molecule has 1 aliphatic rings. The predicted molar refractivity (Wildman–Crippen MR) is 63.8 cm³/mol. The van der Waals surface area contributed by atoms with Gasteiger partial charge in [0.25, 0.3) is 0 Å². The summed E-state index contributed by atoms with van der Waals surface area (Å²) in [6.45, 7) is 1.58. The summed E-state index contributed by atoms with van der Waals surface area (Å²) in [5, 5.41) is 7.29. The van der Waals surface area contributed by atoms with E-state index in [1.165, 1.54) is 5.56 Å². The second-order valence-electron chi connectivity index (χ2n) is 4.36. The lowest BCUT2D eigenvalue weighted by atomic mass is 10.1. The molecule has 1 aromatic carbocycles. The molecule has 1 aromatic heterocycles. The maximum absolute atomic E-state index is 5.35. The molecule has 0 bridgehead atoms. The summed E-state index contributed by atoms with van der Waals surface area (Å²) >= 11 is 0. The number of aromatic amines is 1. The van der Waals surface area contributed by atoms with Crippen molar-refractivity contribution in [2.45, 2.75) is 18.8 Å². The van der Waals surface area contributed by atoms with E-state index < -0.39 is 0 Å². The Morgan fingerprint density at radius 3 is 2.94 bits per heavy atom. The maximum atomic E-state index is 5.35. The highest BCUT2D eigenvalue weighted by atomic mass is 16.5. The van der Waals surface area contributed by atoms with Gasteiger partial charge in [-0.1, -0.05) is 30.3 Å². The van der Waals surface area contributed by atoms with Crippen molar-refractivity contribution in [1.29, 1.82) is 0 Å². The molecule has 3 rings (SSSR count). The summed E-state index contributed by atoms with van der Waals surface area (Å²) in [5.74, 6) is 2.20. The van der Waals surface area contributed by atoms with Gasteiger partial charge < -0.3 is 4.74 Å². The van der Waals surface area contributed by atoms with Crippen LogP contribution in [0.5, 0.6) is 0 Å². The third kappa shape index (κ3) is 2.36. The van der Waals surface area contributed by atoms with Crippen molar-refractivity contribution in [2.75, 3.05) is 13.2 Å². The van der Waals surface area contributed by atoms with Crippen LogP contribution in [0.3, 0.4) is 0 Å². The molecule has 0 amide bonds. The Morgan fingerprint density at radius 1 is 1.29 bits per heavy atom. The van der Waals surface area contributed by atoms with Gasteiger partial charge in [0.15, 0.2) is 5.82 Å². The Balaban J connectivity index is 1.72. The quantitative estimate of drug-likeness (QED) is 0.874. The van der Waals surface area contributed by atoms with Gasteiger partial charge in [-0.3, -0.25) is 5.10 Å². The smallest absolute Gasteiger partial charge is 0.156 e. The Labute approximate surface area is 100 Å². The van der Waals surface area contributed by atoms with Crippen molar-refractivity contribution in [3.05, 3.63) is 47.5 Å². The number of aromatic nitrogens is 3. The number of hydrogen-bond acceptors (Lipinski definition) is 3. The van der Waals surface area contributed by atoms with E-state index in [1.807, 2.05) is 18.2 Å². The van der Waals surface area contributed by atoms with Crippen molar-refractivity contribution in [1.82, 2.24) is 15.2 Å². The van der Waals surface area contributed by atoms with Crippen LogP contribution >= 0.6 is 0 Å². The van der Waals surface area contributed by atoms with E-state index in [1.54, 1.807) is 0 Å². The van der Waals surface area contributed by atoms with Gasteiger partial charge in [0, 0.05) is 18.9 Å². The fraction of sp³-hybridized carbons (Fsp3) is 0.385. The average molecular weight is 229 g/mol. The van der Waals surface area contributed by atoms with Crippen LogP contribution in [-0.2, 0) is 11.2 Å². The molecule has 1 saturated heterocycles. The van der Waals surface area contributed by atoms with E-state index in [-0.39, 0.29) is 0 Å². The van der Waals surface area contributed by atoms with Crippen LogP contribution < -0.4 is 0 Å². The summed E-state index contributed by atoms with van der Waals surface area (Å²) < 4.78 is 5.35. The lowest BCUT2D eigenvalue weighted by Crippen LogP contribution is -2.00. The molecule has 0 spiro atoms. The highest BCUT2D eigenvalue weighted by molar-refractivity contribution is 5.18. The molecule has 88 valence electrons. The normalized spacial score (nSPS) is 19.6. The Bertz CT molecular complexity index is 474. The van der Waals surface area contributed by atoms with Crippen LogP contribution in [0.15, 0.2) is 30.3 Å². The lowest BCUT2D eigenvalue weighted by molar-refractivity contribution is 0.193. The van der Waals surface area contributed by atoms with Crippen LogP contribution in [0.25, 0.3) is 0 Å². The first-order valence-electron chi connectivity index (χ1n) is 5.94. The molecule has 4 heteroatoms. The second kappa shape index (κ2) is 4.67.